The summed E-state index contributed by atoms with van der Waals surface area (Å²) in [5.41, 5.74) is 6.35. The lowest BCUT2D eigenvalue weighted by atomic mass is 9.93. The van der Waals surface area contributed by atoms with E-state index >= 15 is 0 Å². The van der Waals surface area contributed by atoms with Crippen LogP contribution in [-0.4, -0.2) is 31.9 Å². The number of aliphatic hydroxyl groups excluding tert-OH is 1. The van der Waals surface area contributed by atoms with E-state index in [0.29, 0.717) is 6.04 Å². The van der Waals surface area contributed by atoms with Crippen molar-refractivity contribution in [1.82, 2.24) is 14.6 Å². The molecule has 0 amide bonds. The van der Waals surface area contributed by atoms with Crippen LogP contribution in [0, 0.1) is 0 Å². The molecular formula is C12H17N5O. The number of hydrogen-bond donors (Lipinski definition) is 3. The van der Waals surface area contributed by atoms with Crippen LogP contribution in [-0.2, 0) is 0 Å². The number of nitrogen functional groups attached to an aromatic ring is 1. The predicted molar refractivity (Wildman–Crippen MR) is 69.3 cm³/mol. The number of nitrogens with one attached hydrogen (secondary N) is 1. The second kappa shape index (κ2) is 4.45. The second-order valence-electron chi connectivity index (χ2n) is 4.80. The maximum atomic E-state index is 9.50. The first-order valence-electron chi connectivity index (χ1n) is 6.28. The molecule has 0 spiro atoms. The topological polar surface area (TPSA) is 88.5 Å². The van der Waals surface area contributed by atoms with Gasteiger partial charge in [0.15, 0.2) is 5.65 Å². The third-order valence-electron chi connectivity index (χ3n) is 3.42. The third-order valence-corrected chi connectivity index (χ3v) is 3.42. The highest BCUT2D eigenvalue weighted by atomic mass is 16.3. The number of rotatable bonds is 2. The Balaban J connectivity index is 1.82. The molecule has 0 saturated heterocycles. The first-order chi connectivity index (χ1) is 8.72. The number of pyridine rings is 1. The molecule has 6 nitrogen and oxygen atoms in total. The summed E-state index contributed by atoms with van der Waals surface area (Å²) in [4.78, 5) is 4.13. The van der Waals surface area contributed by atoms with Gasteiger partial charge in [0.1, 0.15) is 5.82 Å². The Morgan fingerprint density at radius 2 is 2.06 bits per heavy atom. The van der Waals surface area contributed by atoms with Crippen LogP contribution >= 0.6 is 0 Å². The van der Waals surface area contributed by atoms with Crippen LogP contribution in [0.2, 0.25) is 0 Å². The van der Waals surface area contributed by atoms with E-state index in [9.17, 15) is 5.11 Å². The minimum absolute atomic E-state index is 0.138. The first kappa shape index (κ1) is 11.3. The summed E-state index contributed by atoms with van der Waals surface area (Å²) in [6.07, 6.45) is 3.52. The van der Waals surface area contributed by atoms with E-state index in [2.05, 4.69) is 15.4 Å². The van der Waals surface area contributed by atoms with Gasteiger partial charge in [0.05, 0.1) is 6.10 Å². The fourth-order valence-electron chi connectivity index (χ4n) is 2.46. The van der Waals surface area contributed by atoms with Crippen LogP contribution in [0.3, 0.4) is 0 Å². The molecule has 0 radical (unpaired) electrons. The molecule has 3 rings (SSSR count). The fourth-order valence-corrected chi connectivity index (χ4v) is 2.46. The molecular weight excluding hydrogens is 230 g/mol. The van der Waals surface area contributed by atoms with Gasteiger partial charge in [-0.3, -0.25) is 0 Å². The summed E-state index contributed by atoms with van der Waals surface area (Å²) < 4.78 is 1.72. The van der Waals surface area contributed by atoms with Gasteiger partial charge in [0.2, 0.25) is 5.95 Å². The lowest BCUT2D eigenvalue weighted by molar-refractivity contribution is 0.126. The van der Waals surface area contributed by atoms with Crippen LogP contribution in [0.5, 0.6) is 0 Å². The minimum atomic E-state index is -0.138. The highest BCUT2D eigenvalue weighted by Crippen LogP contribution is 2.22. The maximum absolute atomic E-state index is 9.50. The van der Waals surface area contributed by atoms with Crippen molar-refractivity contribution in [1.29, 1.82) is 0 Å². The molecule has 0 atom stereocenters. The van der Waals surface area contributed by atoms with E-state index < -0.39 is 0 Å². The van der Waals surface area contributed by atoms with E-state index in [1.165, 1.54) is 0 Å². The standard InChI is InChI=1S/C12H17N5O/c13-12-15-11-3-1-2-10(17(11)16-12)14-8-4-6-9(18)7-5-8/h1-3,8-9,14,18H,4-7H2,(H2,13,16)/t8-,9+. The van der Waals surface area contributed by atoms with Gasteiger partial charge >= 0.3 is 0 Å². The Kier molecular flexibility index (Phi) is 2.79. The molecule has 2 aromatic heterocycles. The quantitative estimate of drug-likeness (QED) is 0.737. The molecule has 1 aliphatic carbocycles. The van der Waals surface area contributed by atoms with Crippen molar-refractivity contribution in [3.8, 4) is 0 Å². The number of nitrogens with two attached hydrogens (primary N) is 1. The van der Waals surface area contributed by atoms with E-state index in [4.69, 9.17) is 5.73 Å². The van der Waals surface area contributed by atoms with Crippen LogP contribution in [0.25, 0.3) is 5.65 Å². The van der Waals surface area contributed by atoms with Crippen LogP contribution in [0.1, 0.15) is 25.7 Å². The van der Waals surface area contributed by atoms with Crippen molar-refractivity contribution >= 4 is 17.4 Å². The summed E-state index contributed by atoms with van der Waals surface area (Å²) in [5.74, 6) is 1.18. The Bertz CT molecular complexity index is 544. The van der Waals surface area contributed by atoms with Crippen molar-refractivity contribution in [2.75, 3.05) is 11.1 Å². The summed E-state index contributed by atoms with van der Waals surface area (Å²) in [5, 5.41) is 17.1. The molecule has 4 N–H and O–H groups in total. The van der Waals surface area contributed by atoms with Crippen LogP contribution < -0.4 is 11.1 Å². The molecule has 0 aliphatic heterocycles. The normalized spacial score (nSPS) is 24.3. The van der Waals surface area contributed by atoms with Gasteiger partial charge in [0.25, 0.3) is 0 Å². The Hall–Kier alpha value is -1.82. The smallest absolute Gasteiger partial charge is 0.240 e. The monoisotopic (exact) mass is 247 g/mol. The zero-order valence-electron chi connectivity index (χ0n) is 10.1. The highest BCUT2D eigenvalue weighted by molar-refractivity contribution is 5.51. The average molecular weight is 247 g/mol. The van der Waals surface area contributed by atoms with Gasteiger partial charge in [-0.15, -0.1) is 5.10 Å². The van der Waals surface area contributed by atoms with Gasteiger partial charge in [0, 0.05) is 6.04 Å². The van der Waals surface area contributed by atoms with E-state index in [-0.39, 0.29) is 12.1 Å². The van der Waals surface area contributed by atoms with Crippen molar-refractivity contribution < 1.29 is 5.11 Å². The SMILES string of the molecule is Nc1nc2cccc(N[C@H]3CC[C@@H](O)CC3)n2n1. The van der Waals surface area contributed by atoms with Gasteiger partial charge in [-0.05, 0) is 37.8 Å². The number of aliphatic hydroxyl groups is 1. The summed E-state index contributed by atoms with van der Waals surface area (Å²) in [7, 11) is 0. The number of anilines is 2. The fraction of sp³-hybridized carbons (Fsp3) is 0.500. The molecule has 1 saturated carbocycles. The van der Waals surface area contributed by atoms with Crippen LogP contribution in [0.4, 0.5) is 11.8 Å². The molecule has 0 unspecified atom stereocenters. The molecule has 0 bridgehead atoms. The first-order valence-corrected chi connectivity index (χ1v) is 6.28. The molecule has 2 aromatic rings. The van der Waals surface area contributed by atoms with Gasteiger partial charge < -0.3 is 16.2 Å². The van der Waals surface area contributed by atoms with Crippen molar-refractivity contribution in [2.45, 2.75) is 37.8 Å². The number of hydrogen-bond acceptors (Lipinski definition) is 5. The minimum Gasteiger partial charge on any atom is -0.393 e. The summed E-state index contributed by atoms with van der Waals surface area (Å²) in [6, 6.07) is 6.15. The van der Waals surface area contributed by atoms with Gasteiger partial charge in [-0.2, -0.15) is 9.50 Å². The van der Waals surface area contributed by atoms with Gasteiger partial charge in [-0.1, -0.05) is 6.07 Å². The molecule has 96 valence electrons. The number of aromatic nitrogens is 3. The predicted octanol–water partition coefficient (Wildman–Crippen LogP) is 1.03. The number of nitrogens with zero attached hydrogens (tertiary/aromatic N) is 3. The average Bonchev–Trinajstić information content (AvgIpc) is 2.73. The molecule has 1 fully saturated rings. The van der Waals surface area contributed by atoms with Crippen molar-refractivity contribution in [3.63, 3.8) is 0 Å². The summed E-state index contributed by atoms with van der Waals surface area (Å²) >= 11 is 0. The zero-order valence-corrected chi connectivity index (χ0v) is 10.1. The van der Waals surface area contributed by atoms with Gasteiger partial charge in [-0.25, -0.2) is 0 Å². The van der Waals surface area contributed by atoms with Crippen LogP contribution in [0.15, 0.2) is 18.2 Å². The third kappa shape index (κ3) is 2.11. The maximum Gasteiger partial charge on any atom is 0.240 e. The largest absolute Gasteiger partial charge is 0.393 e. The Labute approximate surface area is 105 Å². The second-order valence-corrected chi connectivity index (χ2v) is 4.80. The zero-order chi connectivity index (χ0) is 12.5. The molecule has 18 heavy (non-hydrogen) atoms. The lowest BCUT2D eigenvalue weighted by Crippen LogP contribution is -2.29. The Morgan fingerprint density at radius 1 is 1.28 bits per heavy atom. The van der Waals surface area contributed by atoms with Crippen molar-refractivity contribution in [2.24, 2.45) is 0 Å². The number of fused-ring (bicyclic) bond motifs is 1. The van der Waals surface area contributed by atoms with Crippen molar-refractivity contribution in [3.05, 3.63) is 18.2 Å². The molecule has 1 aliphatic rings. The molecule has 0 aromatic carbocycles. The Morgan fingerprint density at radius 3 is 2.83 bits per heavy atom. The molecule has 6 heteroatoms. The van der Waals surface area contributed by atoms with E-state index in [1.807, 2.05) is 18.2 Å². The lowest BCUT2D eigenvalue weighted by Gasteiger charge is -2.26. The highest BCUT2D eigenvalue weighted by Gasteiger charge is 2.19. The molecule has 2 heterocycles. The van der Waals surface area contributed by atoms with E-state index in [1.54, 1.807) is 4.52 Å². The van der Waals surface area contributed by atoms with E-state index in [0.717, 1.165) is 37.1 Å². The summed E-state index contributed by atoms with van der Waals surface area (Å²) in [6.45, 7) is 0.